The van der Waals surface area contributed by atoms with Gasteiger partial charge in [-0.25, -0.2) is 13.2 Å². The summed E-state index contributed by atoms with van der Waals surface area (Å²) < 4.78 is 23.0. The molecule has 8 heteroatoms. The van der Waals surface area contributed by atoms with Crippen molar-refractivity contribution in [1.29, 1.82) is 0 Å². The lowest BCUT2D eigenvalue weighted by atomic mass is 10.1. The first kappa shape index (κ1) is 13.6. The average Bonchev–Trinajstić information content (AvgIpc) is 2.77. The van der Waals surface area contributed by atoms with E-state index < -0.39 is 15.8 Å². The summed E-state index contributed by atoms with van der Waals surface area (Å²) in [7, 11) is -3.37. The Hall–Kier alpha value is -1.86. The topological polar surface area (TPSA) is 100 Å². The lowest BCUT2D eigenvalue weighted by Crippen LogP contribution is -1.97. The molecular weight excluding hydrogens is 292 g/mol. The van der Waals surface area contributed by atoms with Crippen LogP contribution in [0.3, 0.4) is 0 Å². The summed E-state index contributed by atoms with van der Waals surface area (Å²) in [5.41, 5.74) is 0.525. The molecule has 2 rings (SSSR count). The van der Waals surface area contributed by atoms with Crippen molar-refractivity contribution in [2.24, 2.45) is 0 Å². The van der Waals surface area contributed by atoms with Crippen molar-refractivity contribution in [2.45, 2.75) is 4.90 Å². The summed E-state index contributed by atoms with van der Waals surface area (Å²) in [6.45, 7) is 0. The summed E-state index contributed by atoms with van der Waals surface area (Å²) in [6, 6.07) is 5.46. The Kier molecular flexibility index (Phi) is 3.34. The van der Waals surface area contributed by atoms with Crippen molar-refractivity contribution >= 4 is 27.4 Å². The molecular formula is C11H9ClN2O4S. The summed E-state index contributed by atoms with van der Waals surface area (Å²) in [4.78, 5) is 10.8. The fraction of sp³-hybridized carbons (Fsp3) is 0.0909. The number of carbonyl (C=O) groups is 1. The molecule has 1 heterocycles. The van der Waals surface area contributed by atoms with Gasteiger partial charge < -0.3 is 5.11 Å². The third-order valence-corrected chi connectivity index (χ3v) is 3.89. The summed E-state index contributed by atoms with van der Waals surface area (Å²) in [5, 5.41) is 15.2. The molecule has 0 saturated heterocycles. The van der Waals surface area contributed by atoms with Crippen LogP contribution in [-0.2, 0) is 9.84 Å². The highest BCUT2D eigenvalue weighted by Crippen LogP contribution is 2.29. The first-order valence-electron chi connectivity index (χ1n) is 5.08. The SMILES string of the molecule is CS(=O)(=O)c1ccc(Cl)c(-c2cc(C(=O)O)[nH]n2)c1. The number of nitrogens with zero attached hydrogens (tertiary/aromatic N) is 1. The molecule has 0 spiro atoms. The lowest BCUT2D eigenvalue weighted by molar-refractivity contribution is 0.0690. The van der Waals surface area contributed by atoms with Gasteiger partial charge in [-0.15, -0.1) is 0 Å². The molecule has 0 bridgehead atoms. The number of nitrogens with one attached hydrogen (secondary N) is 1. The molecule has 1 aromatic carbocycles. The Morgan fingerprint density at radius 1 is 1.37 bits per heavy atom. The fourth-order valence-electron chi connectivity index (χ4n) is 1.50. The third kappa shape index (κ3) is 2.77. The van der Waals surface area contributed by atoms with Gasteiger partial charge in [0.1, 0.15) is 5.69 Å². The standard InChI is InChI=1S/C11H9ClN2O4S/c1-19(17,18)6-2-3-8(12)7(4-6)9-5-10(11(15)16)14-13-9/h2-5H,1H3,(H,13,14)(H,15,16). The largest absolute Gasteiger partial charge is 0.477 e. The number of benzene rings is 1. The van der Waals surface area contributed by atoms with Crippen molar-refractivity contribution in [3.8, 4) is 11.3 Å². The van der Waals surface area contributed by atoms with Crippen molar-refractivity contribution in [3.05, 3.63) is 35.0 Å². The molecule has 2 aromatic rings. The second kappa shape index (κ2) is 4.67. The molecule has 0 aliphatic carbocycles. The van der Waals surface area contributed by atoms with Gasteiger partial charge in [-0.05, 0) is 24.3 Å². The predicted octanol–water partition coefficient (Wildman–Crippen LogP) is 1.83. The van der Waals surface area contributed by atoms with Crippen LogP contribution < -0.4 is 0 Å². The minimum absolute atomic E-state index is 0.0896. The second-order valence-electron chi connectivity index (χ2n) is 3.89. The number of carboxylic acids is 1. The minimum Gasteiger partial charge on any atom is -0.477 e. The highest BCUT2D eigenvalue weighted by atomic mass is 35.5. The molecule has 0 aliphatic heterocycles. The van der Waals surface area contributed by atoms with E-state index in [9.17, 15) is 13.2 Å². The molecule has 2 N–H and O–H groups in total. The monoisotopic (exact) mass is 300 g/mol. The zero-order chi connectivity index (χ0) is 14.2. The number of hydrogen-bond acceptors (Lipinski definition) is 4. The van der Waals surface area contributed by atoms with Gasteiger partial charge in [0.2, 0.25) is 0 Å². The maximum atomic E-state index is 11.5. The quantitative estimate of drug-likeness (QED) is 0.900. The van der Waals surface area contributed by atoms with E-state index in [0.29, 0.717) is 5.56 Å². The number of carboxylic acid groups (broad SMARTS) is 1. The zero-order valence-corrected chi connectivity index (χ0v) is 11.3. The Labute approximate surface area is 114 Å². The molecule has 0 saturated carbocycles. The molecule has 0 aliphatic rings. The van der Waals surface area contributed by atoms with Crippen LogP contribution in [0.1, 0.15) is 10.5 Å². The molecule has 19 heavy (non-hydrogen) atoms. The van der Waals surface area contributed by atoms with Gasteiger partial charge in [0.15, 0.2) is 9.84 Å². The molecule has 100 valence electrons. The van der Waals surface area contributed by atoms with Gasteiger partial charge in [0.05, 0.1) is 15.6 Å². The molecule has 0 radical (unpaired) electrons. The Morgan fingerprint density at radius 3 is 2.58 bits per heavy atom. The van der Waals surface area contributed by atoms with Crippen LogP contribution in [0.2, 0.25) is 5.02 Å². The smallest absolute Gasteiger partial charge is 0.353 e. The number of H-pyrrole nitrogens is 1. The highest BCUT2D eigenvalue weighted by molar-refractivity contribution is 7.90. The Morgan fingerprint density at radius 2 is 2.05 bits per heavy atom. The lowest BCUT2D eigenvalue weighted by Gasteiger charge is -2.03. The molecule has 0 unspecified atom stereocenters. The average molecular weight is 301 g/mol. The number of aromatic carboxylic acids is 1. The van der Waals surface area contributed by atoms with E-state index in [-0.39, 0.29) is 21.3 Å². The molecule has 0 amide bonds. The number of halogens is 1. The van der Waals surface area contributed by atoms with Crippen LogP contribution in [0.5, 0.6) is 0 Å². The first-order valence-corrected chi connectivity index (χ1v) is 7.34. The van der Waals surface area contributed by atoms with Gasteiger partial charge in [0.25, 0.3) is 0 Å². The van der Waals surface area contributed by atoms with Crippen LogP contribution >= 0.6 is 11.6 Å². The predicted molar refractivity (Wildman–Crippen MR) is 69.1 cm³/mol. The maximum absolute atomic E-state index is 11.5. The van der Waals surface area contributed by atoms with Crippen LogP contribution in [0.4, 0.5) is 0 Å². The van der Waals surface area contributed by atoms with Gasteiger partial charge in [-0.2, -0.15) is 5.10 Å². The van der Waals surface area contributed by atoms with Gasteiger partial charge >= 0.3 is 5.97 Å². The zero-order valence-electron chi connectivity index (χ0n) is 9.71. The van der Waals surface area contributed by atoms with E-state index in [2.05, 4.69) is 10.2 Å². The normalized spacial score (nSPS) is 11.5. The van der Waals surface area contributed by atoms with Gasteiger partial charge in [-0.3, -0.25) is 5.10 Å². The van der Waals surface area contributed by atoms with Crippen LogP contribution in [0, 0.1) is 0 Å². The van der Waals surface area contributed by atoms with E-state index >= 15 is 0 Å². The first-order chi connectivity index (χ1) is 8.79. The molecule has 0 fully saturated rings. The molecule has 1 aromatic heterocycles. The van der Waals surface area contributed by atoms with Crippen molar-refractivity contribution < 1.29 is 18.3 Å². The van der Waals surface area contributed by atoms with Gasteiger partial charge in [-0.1, -0.05) is 11.6 Å². The van der Waals surface area contributed by atoms with Gasteiger partial charge in [0, 0.05) is 11.8 Å². The van der Waals surface area contributed by atoms with E-state index in [1.807, 2.05) is 0 Å². The maximum Gasteiger partial charge on any atom is 0.353 e. The highest BCUT2D eigenvalue weighted by Gasteiger charge is 2.15. The van der Waals surface area contributed by atoms with E-state index in [1.54, 1.807) is 0 Å². The van der Waals surface area contributed by atoms with Crippen molar-refractivity contribution in [2.75, 3.05) is 6.26 Å². The number of sulfone groups is 1. The number of aromatic amines is 1. The Bertz CT molecular complexity index is 752. The van der Waals surface area contributed by atoms with E-state index in [0.717, 1.165) is 6.26 Å². The van der Waals surface area contributed by atoms with Crippen LogP contribution in [0.15, 0.2) is 29.2 Å². The van der Waals surface area contributed by atoms with Crippen LogP contribution in [-0.4, -0.2) is 35.9 Å². The summed E-state index contributed by atoms with van der Waals surface area (Å²) >= 11 is 5.97. The summed E-state index contributed by atoms with van der Waals surface area (Å²) in [6.07, 6.45) is 1.08. The van der Waals surface area contributed by atoms with Crippen molar-refractivity contribution in [3.63, 3.8) is 0 Å². The van der Waals surface area contributed by atoms with E-state index in [1.165, 1.54) is 24.3 Å². The number of aromatic nitrogens is 2. The Balaban J connectivity index is 2.57. The van der Waals surface area contributed by atoms with E-state index in [4.69, 9.17) is 16.7 Å². The number of hydrogen-bond donors (Lipinski definition) is 2. The fourth-order valence-corrected chi connectivity index (χ4v) is 2.36. The van der Waals surface area contributed by atoms with Crippen LogP contribution in [0.25, 0.3) is 11.3 Å². The molecule has 6 nitrogen and oxygen atoms in total. The minimum atomic E-state index is -3.37. The summed E-state index contributed by atoms with van der Waals surface area (Å²) in [5.74, 6) is -1.16. The molecule has 0 atom stereocenters. The van der Waals surface area contributed by atoms with Crippen molar-refractivity contribution in [1.82, 2.24) is 10.2 Å². The third-order valence-electron chi connectivity index (χ3n) is 2.45. The number of rotatable bonds is 3. The second-order valence-corrected chi connectivity index (χ2v) is 6.31.